The van der Waals surface area contributed by atoms with Crippen LogP contribution in [0, 0.1) is 0 Å². The van der Waals surface area contributed by atoms with Crippen molar-refractivity contribution in [3.8, 4) is 5.75 Å². The van der Waals surface area contributed by atoms with Crippen LogP contribution in [0.1, 0.15) is 5.76 Å². The Labute approximate surface area is 145 Å². The second-order valence-corrected chi connectivity index (χ2v) is 5.58. The SMILES string of the molecule is COc1ccc(N2C(=O)NC(=O)/C(=C/c3ccc(Br)o3)C2=O)cc1. The van der Waals surface area contributed by atoms with Gasteiger partial charge < -0.3 is 9.15 Å². The van der Waals surface area contributed by atoms with E-state index in [2.05, 4.69) is 21.2 Å². The van der Waals surface area contributed by atoms with Crippen molar-refractivity contribution in [3.63, 3.8) is 0 Å². The summed E-state index contributed by atoms with van der Waals surface area (Å²) < 4.78 is 10.8. The van der Waals surface area contributed by atoms with Gasteiger partial charge in [0.1, 0.15) is 17.1 Å². The van der Waals surface area contributed by atoms with Gasteiger partial charge in [0, 0.05) is 0 Å². The minimum atomic E-state index is -0.812. The van der Waals surface area contributed by atoms with Crippen molar-refractivity contribution >= 4 is 45.5 Å². The van der Waals surface area contributed by atoms with E-state index >= 15 is 0 Å². The van der Waals surface area contributed by atoms with Crippen LogP contribution in [0.4, 0.5) is 10.5 Å². The lowest BCUT2D eigenvalue weighted by molar-refractivity contribution is -0.122. The van der Waals surface area contributed by atoms with Crippen LogP contribution in [0.5, 0.6) is 5.75 Å². The number of barbiturate groups is 1. The Morgan fingerprint density at radius 1 is 1.12 bits per heavy atom. The number of hydrogen-bond donors (Lipinski definition) is 1. The summed E-state index contributed by atoms with van der Waals surface area (Å²) in [5.74, 6) is -0.621. The average Bonchev–Trinajstić information content (AvgIpc) is 2.97. The van der Waals surface area contributed by atoms with Crippen LogP contribution in [-0.4, -0.2) is 25.0 Å². The first-order chi connectivity index (χ1) is 11.5. The van der Waals surface area contributed by atoms with E-state index in [1.807, 2.05) is 0 Å². The lowest BCUT2D eigenvalue weighted by Gasteiger charge is -2.26. The molecule has 0 bridgehead atoms. The predicted octanol–water partition coefficient (Wildman–Crippen LogP) is 2.72. The van der Waals surface area contributed by atoms with Crippen LogP contribution in [0.3, 0.4) is 0 Å². The molecule has 0 radical (unpaired) electrons. The number of methoxy groups -OCH3 is 1. The van der Waals surface area contributed by atoms with Crippen molar-refractivity contribution < 1.29 is 23.5 Å². The summed E-state index contributed by atoms with van der Waals surface area (Å²) in [7, 11) is 1.51. The number of nitrogens with zero attached hydrogens (tertiary/aromatic N) is 1. The lowest BCUT2D eigenvalue weighted by atomic mass is 10.1. The number of nitrogens with one attached hydrogen (secondary N) is 1. The molecule has 0 unspecified atom stereocenters. The molecule has 0 aliphatic carbocycles. The smallest absolute Gasteiger partial charge is 0.335 e. The van der Waals surface area contributed by atoms with Crippen molar-refractivity contribution in [1.82, 2.24) is 5.32 Å². The zero-order valence-corrected chi connectivity index (χ0v) is 14.0. The fourth-order valence-electron chi connectivity index (χ4n) is 2.17. The van der Waals surface area contributed by atoms with Gasteiger partial charge in [0.05, 0.1) is 12.8 Å². The Bertz CT molecular complexity index is 854. The predicted molar refractivity (Wildman–Crippen MR) is 88.4 cm³/mol. The number of carbonyl (C=O) groups is 3. The van der Waals surface area contributed by atoms with Crippen molar-refractivity contribution in [2.45, 2.75) is 0 Å². The molecule has 1 N–H and O–H groups in total. The Balaban J connectivity index is 1.97. The molecule has 2 heterocycles. The number of furan rings is 1. The van der Waals surface area contributed by atoms with Crippen LogP contribution < -0.4 is 15.0 Å². The number of carbonyl (C=O) groups excluding carboxylic acids is 3. The van der Waals surface area contributed by atoms with Gasteiger partial charge >= 0.3 is 6.03 Å². The quantitative estimate of drug-likeness (QED) is 0.642. The molecule has 0 saturated carbocycles. The monoisotopic (exact) mass is 390 g/mol. The zero-order valence-electron chi connectivity index (χ0n) is 12.4. The number of benzene rings is 1. The fourth-order valence-corrected chi connectivity index (χ4v) is 2.49. The third-order valence-electron chi connectivity index (χ3n) is 3.31. The Hall–Kier alpha value is -2.87. The van der Waals surface area contributed by atoms with Crippen molar-refractivity contribution in [1.29, 1.82) is 0 Å². The van der Waals surface area contributed by atoms with Gasteiger partial charge in [-0.1, -0.05) is 0 Å². The van der Waals surface area contributed by atoms with Gasteiger partial charge in [0.15, 0.2) is 4.67 Å². The summed E-state index contributed by atoms with van der Waals surface area (Å²) in [6.45, 7) is 0. The molecule has 0 atom stereocenters. The zero-order chi connectivity index (χ0) is 17.3. The minimum absolute atomic E-state index is 0.202. The summed E-state index contributed by atoms with van der Waals surface area (Å²) in [6, 6.07) is 8.72. The van der Waals surface area contributed by atoms with Gasteiger partial charge in [-0.15, -0.1) is 0 Å². The Morgan fingerprint density at radius 3 is 2.42 bits per heavy atom. The van der Waals surface area contributed by atoms with Crippen LogP contribution >= 0.6 is 15.9 Å². The highest BCUT2D eigenvalue weighted by molar-refractivity contribution is 9.10. The molecule has 2 aromatic rings. The second-order valence-electron chi connectivity index (χ2n) is 4.80. The molecule has 4 amide bonds. The third-order valence-corrected chi connectivity index (χ3v) is 3.74. The topological polar surface area (TPSA) is 88.8 Å². The lowest BCUT2D eigenvalue weighted by Crippen LogP contribution is -2.54. The molecular formula is C16H11BrN2O5. The highest BCUT2D eigenvalue weighted by Gasteiger charge is 2.37. The standard InChI is InChI=1S/C16H11BrN2O5/c1-23-10-4-2-9(3-5-10)19-15(21)12(14(20)18-16(19)22)8-11-6-7-13(17)24-11/h2-8H,1H3,(H,18,20,22)/b12-8-. The molecule has 1 aliphatic rings. The van der Waals surface area contributed by atoms with Gasteiger partial charge in [-0.05, 0) is 58.4 Å². The molecule has 8 heteroatoms. The number of hydrogen-bond acceptors (Lipinski definition) is 5. The van der Waals surface area contributed by atoms with Crippen LogP contribution in [-0.2, 0) is 9.59 Å². The molecule has 1 aromatic heterocycles. The normalized spacial score (nSPS) is 16.5. The van der Waals surface area contributed by atoms with Crippen LogP contribution in [0.25, 0.3) is 6.08 Å². The largest absolute Gasteiger partial charge is 0.497 e. The summed E-state index contributed by atoms with van der Waals surface area (Å²) in [6.07, 6.45) is 1.28. The van der Waals surface area contributed by atoms with Gasteiger partial charge in [-0.25, -0.2) is 9.69 Å². The van der Waals surface area contributed by atoms with E-state index in [9.17, 15) is 14.4 Å². The minimum Gasteiger partial charge on any atom is -0.497 e. The number of imide groups is 2. The molecular weight excluding hydrogens is 380 g/mol. The summed E-state index contributed by atoms with van der Waals surface area (Å²) in [4.78, 5) is 37.5. The Kier molecular flexibility index (Phi) is 4.22. The maximum atomic E-state index is 12.6. The van der Waals surface area contributed by atoms with Crippen molar-refractivity contribution in [2.24, 2.45) is 0 Å². The molecule has 1 aliphatic heterocycles. The fraction of sp³-hybridized carbons (Fsp3) is 0.0625. The number of ether oxygens (including phenoxy) is 1. The molecule has 122 valence electrons. The maximum absolute atomic E-state index is 12.6. The van der Waals surface area contributed by atoms with Crippen molar-refractivity contribution in [2.75, 3.05) is 12.0 Å². The first-order valence-corrected chi connectivity index (χ1v) is 7.60. The van der Waals surface area contributed by atoms with E-state index in [1.165, 1.54) is 13.2 Å². The molecule has 1 aromatic carbocycles. The first-order valence-electron chi connectivity index (χ1n) is 6.80. The van der Waals surface area contributed by atoms with E-state index in [-0.39, 0.29) is 5.57 Å². The van der Waals surface area contributed by atoms with E-state index in [0.717, 1.165) is 4.90 Å². The van der Waals surface area contributed by atoms with E-state index in [0.29, 0.717) is 21.9 Å². The second kappa shape index (κ2) is 6.32. The number of rotatable bonds is 3. The van der Waals surface area contributed by atoms with E-state index < -0.39 is 17.8 Å². The molecule has 24 heavy (non-hydrogen) atoms. The summed E-state index contributed by atoms with van der Waals surface area (Å²) >= 11 is 3.14. The highest BCUT2D eigenvalue weighted by Crippen LogP contribution is 2.25. The van der Waals surface area contributed by atoms with Gasteiger partial charge in [0.25, 0.3) is 11.8 Å². The van der Waals surface area contributed by atoms with E-state index in [1.54, 1.807) is 36.4 Å². The maximum Gasteiger partial charge on any atom is 0.335 e. The molecule has 7 nitrogen and oxygen atoms in total. The number of halogens is 1. The van der Waals surface area contributed by atoms with Gasteiger partial charge in [0.2, 0.25) is 0 Å². The molecule has 3 rings (SSSR count). The molecule has 1 fully saturated rings. The molecule has 1 saturated heterocycles. The third kappa shape index (κ3) is 2.95. The summed E-state index contributed by atoms with van der Waals surface area (Å²) in [5.41, 5.74) is 0.115. The van der Waals surface area contributed by atoms with Crippen molar-refractivity contribution in [3.05, 3.63) is 52.4 Å². The van der Waals surface area contributed by atoms with Gasteiger partial charge in [-0.2, -0.15) is 0 Å². The van der Waals surface area contributed by atoms with Gasteiger partial charge in [-0.3, -0.25) is 14.9 Å². The van der Waals surface area contributed by atoms with Crippen LogP contribution in [0.15, 0.2) is 51.1 Å². The number of anilines is 1. The highest BCUT2D eigenvalue weighted by atomic mass is 79.9. The summed E-state index contributed by atoms with van der Waals surface area (Å²) in [5, 5.41) is 2.14. The Morgan fingerprint density at radius 2 is 1.83 bits per heavy atom. The molecule has 0 spiro atoms. The number of urea groups is 1. The van der Waals surface area contributed by atoms with Crippen LogP contribution in [0.2, 0.25) is 0 Å². The van der Waals surface area contributed by atoms with E-state index in [4.69, 9.17) is 9.15 Å². The first kappa shape index (κ1) is 16.0. The average molecular weight is 391 g/mol. The number of amides is 4.